The zero-order valence-electron chi connectivity index (χ0n) is 17.8. The molecule has 1 aromatic rings. The molecule has 30 nitrogen and oxygen atoms in total. The fraction of sp³-hybridized carbons (Fsp3) is 0.667. The lowest BCUT2D eigenvalue weighted by Gasteiger charge is -2.15. The fourth-order valence-corrected chi connectivity index (χ4v) is 2.77. The molecular formula is C9H6N12O18. The van der Waals surface area contributed by atoms with Crippen LogP contribution in [0.1, 0.15) is 17.0 Å². The monoisotopic (exact) mass is 570 g/mol. The summed E-state index contributed by atoms with van der Waals surface area (Å²) in [5.74, 6) is -13.9. The van der Waals surface area contributed by atoms with E-state index in [1.54, 1.807) is 0 Å². The molecule has 0 N–H and O–H groups in total. The van der Waals surface area contributed by atoms with Crippen LogP contribution in [0.15, 0.2) is 0 Å². The van der Waals surface area contributed by atoms with Crippen LogP contribution in [0.2, 0.25) is 0 Å². The van der Waals surface area contributed by atoms with Crippen LogP contribution in [0.5, 0.6) is 0 Å². The second-order valence-electron chi connectivity index (χ2n) is 6.83. The highest BCUT2D eigenvalue weighted by Crippen LogP contribution is 2.29. The van der Waals surface area contributed by atoms with Crippen molar-refractivity contribution in [1.82, 2.24) is 15.4 Å². The Bertz CT molecular complexity index is 1150. The first-order valence-corrected chi connectivity index (χ1v) is 8.77. The molecule has 0 bridgehead atoms. The third-order valence-electron chi connectivity index (χ3n) is 4.88. The van der Waals surface area contributed by atoms with Crippen molar-refractivity contribution in [2.24, 2.45) is 0 Å². The molecule has 0 saturated carbocycles. The first kappa shape index (κ1) is 30.6. The SMILES string of the molecule is O=[N+]([O-])C(Cc1nnnc(CC([N+](=O)[O-])([N+](=O)[O-])[N+](=O)[O-])c1CC([N+](=O)[O-])([N+](=O)[O-])[N+](=O)[O-])([N+](=O)[O-])[N+](=O)[O-]. The van der Waals surface area contributed by atoms with Crippen LogP contribution in [0.25, 0.3) is 0 Å². The van der Waals surface area contributed by atoms with E-state index in [0.717, 1.165) is 0 Å². The van der Waals surface area contributed by atoms with Gasteiger partial charge in [0.05, 0.1) is 11.4 Å². The zero-order valence-corrected chi connectivity index (χ0v) is 17.8. The van der Waals surface area contributed by atoms with E-state index in [2.05, 4.69) is 15.4 Å². The highest BCUT2D eigenvalue weighted by Gasteiger charge is 2.75. The lowest BCUT2D eigenvalue weighted by molar-refractivity contribution is -0.971. The maximum Gasteiger partial charge on any atom is 0.705 e. The largest absolute Gasteiger partial charge is 0.705 e. The summed E-state index contributed by atoms with van der Waals surface area (Å²) in [4.78, 5) is 82.1. The topological polar surface area (TPSA) is 427 Å². The average molecular weight is 570 g/mol. The lowest BCUT2D eigenvalue weighted by atomic mass is 9.97. The fourth-order valence-electron chi connectivity index (χ4n) is 2.77. The summed E-state index contributed by atoms with van der Waals surface area (Å²) in [6.45, 7) is 0. The predicted octanol–water partition coefficient (Wildman–Crippen LogP) is -3.05. The molecule has 1 aromatic heterocycles. The van der Waals surface area contributed by atoms with E-state index < -0.39 is 97.9 Å². The van der Waals surface area contributed by atoms with Gasteiger partial charge in [-0.05, 0) is 5.21 Å². The van der Waals surface area contributed by atoms with Gasteiger partial charge in [-0.15, -0.1) is 10.2 Å². The number of aromatic nitrogens is 3. The first-order valence-electron chi connectivity index (χ1n) is 8.77. The van der Waals surface area contributed by atoms with Crippen molar-refractivity contribution in [1.29, 1.82) is 0 Å². The minimum Gasteiger partial charge on any atom is -0.253 e. The molecule has 30 heteroatoms. The molecule has 210 valence electrons. The van der Waals surface area contributed by atoms with Crippen LogP contribution >= 0.6 is 0 Å². The molecule has 0 aliphatic carbocycles. The van der Waals surface area contributed by atoms with E-state index in [-0.39, 0.29) is 0 Å². The highest BCUT2D eigenvalue weighted by molar-refractivity contribution is 5.26. The minimum absolute atomic E-state index is 1.69. The van der Waals surface area contributed by atoms with Crippen molar-refractivity contribution in [3.05, 3.63) is 108 Å². The Balaban J connectivity index is 4.26. The number of nitrogens with zero attached hydrogens (tertiary/aromatic N) is 12. The smallest absolute Gasteiger partial charge is 0.253 e. The molecular weight excluding hydrogens is 564 g/mol. The van der Waals surface area contributed by atoms with Gasteiger partial charge >= 0.3 is 17.4 Å². The second kappa shape index (κ2) is 10.3. The van der Waals surface area contributed by atoms with Gasteiger partial charge in [0.2, 0.25) is 12.8 Å². The number of hydrogen-bond donors (Lipinski definition) is 0. The molecule has 0 unspecified atom stereocenters. The van der Waals surface area contributed by atoms with Gasteiger partial charge in [-0.3, -0.25) is 91.0 Å². The summed E-state index contributed by atoms with van der Waals surface area (Å²) in [7, 11) is 0. The van der Waals surface area contributed by atoms with Crippen molar-refractivity contribution in [3.8, 4) is 0 Å². The van der Waals surface area contributed by atoms with Gasteiger partial charge in [0.1, 0.15) is 0 Å². The summed E-state index contributed by atoms with van der Waals surface area (Å²) in [5, 5.41) is 110. The summed E-state index contributed by atoms with van der Waals surface area (Å²) in [5.41, 5.74) is -5.12. The van der Waals surface area contributed by atoms with Crippen LogP contribution in [-0.2, 0) is 19.3 Å². The highest BCUT2D eigenvalue weighted by atomic mass is 16.8. The molecule has 1 heterocycles. The molecule has 1 rings (SSSR count). The maximum absolute atomic E-state index is 11.4. The molecule has 39 heavy (non-hydrogen) atoms. The third kappa shape index (κ3) is 4.72. The molecule has 0 saturated heterocycles. The van der Waals surface area contributed by atoms with Crippen molar-refractivity contribution in [2.45, 2.75) is 36.6 Å². The van der Waals surface area contributed by atoms with E-state index in [0.29, 0.717) is 0 Å². The first-order chi connectivity index (χ1) is 17.8. The third-order valence-corrected chi connectivity index (χ3v) is 4.88. The summed E-state index contributed by atoms with van der Waals surface area (Å²) < 4.78 is 0. The van der Waals surface area contributed by atoms with Crippen molar-refractivity contribution >= 4 is 0 Å². The van der Waals surface area contributed by atoms with E-state index >= 15 is 0 Å². The molecule has 0 spiro atoms. The predicted molar refractivity (Wildman–Crippen MR) is 102 cm³/mol. The van der Waals surface area contributed by atoms with Gasteiger partial charge in [-0.2, -0.15) is 0 Å². The average Bonchev–Trinajstić information content (AvgIpc) is 2.77. The minimum atomic E-state index is -4.69. The molecule has 0 aromatic carbocycles. The Morgan fingerprint density at radius 2 is 0.615 bits per heavy atom. The number of nitro groups is 9. The van der Waals surface area contributed by atoms with Gasteiger partial charge < -0.3 is 0 Å². The maximum atomic E-state index is 11.4. The van der Waals surface area contributed by atoms with E-state index in [9.17, 15) is 91.0 Å². The number of rotatable bonds is 15. The van der Waals surface area contributed by atoms with Crippen molar-refractivity contribution in [2.75, 3.05) is 0 Å². The van der Waals surface area contributed by atoms with Crippen LogP contribution in [0.4, 0.5) is 0 Å². The summed E-state index contributed by atoms with van der Waals surface area (Å²) >= 11 is 0. The van der Waals surface area contributed by atoms with Crippen molar-refractivity contribution in [3.63, 3.8) is 0 Å². The summed E-state index contributed by atoms with van der Waals surface area (Å²) in [6.07, 6.45) is -7.01. The van der Waals surface area contributed by atoms with Gasteiger partial charge in [0, 0.05) is 5.56 Å². The Kier molecular flexibility index (Phi) is 8.10. The van der Waals surface area contributed by atoms with Crippen LogP contribution in [0, 0.1) is 91.0 Å². The van der Waals surface area contributed by atoms with Gasteiger partial charge in [-0.1, -0.05) is 0 Å². The van der Waals surface area contributed by atoms with E-state index in [4.69, 9.17) is 0 Å². The Morgan fingerprint density at radius 3 is 0.821 bits per heavy atom. The zero-order chi connectivity index (χ0) is 30.7. The van der Waals surface area contributed by atoms with Gasteiger partial charge in [0.15, 0.2) is 50.7 Å². The molecule has 0 fully saturated rings. The van der Waals surface area contributed by atoms with Crippen molar-refractivity contribution < 1.29 is 44.3 Å². The quantitative estimate of drug-likeness (QED) is 0.115. The summed E-state index contributed by atoms with van der Waals surface area (Å²) in [6, 6.07) is 0. The van der Waals surface area contributed by atoms with Crippen LogP contribution in [0.3, 0.4) is 0 Å². The lowest BCUT2D eigenvalue weighted by Crippen LogP contribution is -2.57. The Morgan fingerprint density at radius 1 is 0.410 bits per heavy atom. The standard InChI is InChI=1S/C9H6N12O18/c22-13(23)7(14(24)25,15(26)27)1-4-5(2-8(16(28)29,17(30)31)18(32)33)10-12-11-6(4)3-9(19(34)35,20(36)37)21(38)39/h1-3H2. The second-order valence-corrected chi connectivity index (χ2v) is 6.83. The van der Waals surface area contributed by atoms with Gasteiger partial charge in [0.25, 0.3) is 0 Å². The van der Waals surface area contributed by atoms with Gasteiger partial charge in [-0.25, -0.2) is 0 Å². The Labute approximate surface area is 205 Å². The molecule has 0 radical (unpaired) electrons. The Hall–Kier alpha value is -6.39. The molecule has 0 atom stereocenters. The number of hydrogen-bond acceptors (Lipinski definition) is 21. The molecule has 0 aliphatic rings. The normalized spacial score (nSPS) is 11.7. The van der Waals surface area contributed by atoms with Crippen LogP contribution in [-0.4, -0.2) is 77.1 Å². The van der Waals surface area contributed by atoms with E-state index in [1.807, 2.05) is 0 Å². The van der Waals surface area contributed by atoms with Crippen LogP contribution < -0.4 is 0 Å². The molecule has 0 amide bonds. The van der Waals surface area contributed by atoms with E-state index in [1.165, 1.54) is 0 Å². The molecule has 0 aliphatic heterocycles.